The summed E-state index contributed by atoms with van der Waals surface area (Å²) in [6, 6.07) is 13.9. The summed E-state index contributed by atoms with van der Waals surface area (Å²) < 4.78 is 23.6. The van der Waals surface area contributed by atoms with Crippen molar-refractivity contribution in [3.63, 3.8) is 0 Å². The molecule has 2 aromatic rings. The summed E-state index contributed by atoms with van der Waals surface area (Å²) in [5.41, 5.74) is 8.13. The van der Waals surface area contributed by atoms with Crippen LogP contribution >= 0.6 is 0 Å². The zero-order chi connectivity index (χ0) is 18.5. The smallest absolute Gasteiger partial charge is 0.324 e. The number of primary sulfonamides is 1. The fraction of sp³-hybridized carbons (Fsp3) is 0.278. The standard InChI is InChI=1S/C18H20N4O3S/c19-15-9-10-21-16(15)11-22(18(21)23)13-7-5-12(6-8-13)14-3-1-2-4-17(14)26(20,24)25/h1-8,15-16H,9-11,19H2,(H2,20,24,25)/t15-,16-/m1/s1. The fourth-order valence-electron chi connectivity index (χ4n) is 3.76. The molecule has 7 nitrogen and oxygen atoms in total. The maximum Gasteiger partial charge on any atom is 0.324 e. The van der Waals surface area contributed by atoms with Crippen molar-refractivity contribution in [2.75, 3.05) is 18.0 Å². The number of carbonyl (C=O) groups excluding carboxylic acids is 1. The minimum atomic E-state index is -3.82. The predicted octanol–water partition coefficient (Wildman–Crippen LogP) is 1.34. The van der Waals surface area contributed by atoms with Crippen molar-refractivity contribution in [3.8, 4) is 11.1 Å². The number of hydrogen-bond acceptors (Lipinski definition) is 4. The van der Waals surface area contributed by atoms with E-state index in [0.717, 1.165) is 17.7 Å². The summed E-state index contributed by atoms with van der Waals surface area (Å²) in [5.74, 6) is 0. The Labute approximate surface area is 152 Å². The molecule has 0 aliphatic carbocycles. The van der Waals surface area contributed by atoms with Gasteiger partial charge >= 0.3 is 6.03 Å². The molecular weight excluding hydrogens is 352 g/mol. The highest BCUT2D eigenvalue weighted by molar-refractivity contribution is 7.89. The first-order chi connectivity index (χ1) is 12.4. The molecule has 0 saturated carbocycles. The number of hydrogen-bond donors (Lipinski definition) is 2. The third kappa shape index (κ3) is 2.76. The number of nitrogens with zero attached hydrogens (tertiary/aromatic N) is 2. The van der Waals surface area contributed by atoms with Crippen molar-refractivity contribution in [1.29, 1.82) is 0 Å². The van der Waals surface area contributed by atoms with Gasteiger partial charge in [0.15, 0.2) is 0 Å². The van der Waals surface area contributed by atoms with Crippen LogP contribution in [0.2, 0.25) is 0 Å². The summed E-state index contributed by atoms with van der Waals surface area (Å²) in [6.45, 7) is 1.27. The highest BCUT2D eigenvalue weighted by Crippen LogP contribution is 2.32. The van der Waals surface area contributed by atoms with E-state index in [1.165, 1.54) is 6.07 Å². The van der Waals surface area contributed by atoms with Gasteiger partial charge in [-0.3, -0.25) is 4.90 Å². The van der Waals surface area contributed by atoms with Crippen LogP contribution in [0.25, 0.3) is 11.1 Å². The third-order valence-corrected chi connectivity index (χ3v) is 6.10. The Hall–Kier alpha value is -2.42. The van der Waals surface area contributed by atoms with Crippen LogP contribution in [-0.2, 0) is 10.0 Å². The van der Waals surface area contributed by atoms with E-state index in [1.54, 1.807) is 35.2 Å². The lowest BCUT2D eigenvalue weighted by molar-refractivity contribution is 0.218. The molecule has 2 saturated heterocycles. The lowest BCUT2D eigenvalue weighted by Gasteiger charge is -2.18. The van der Waals surface area contributed by atoms with Gasteiger partial charge in [0, 0.05) is 30.4 Å². The summed E-state index contributed by atoms with van der Waals surface area (Å²) >= 11 is 0. The van der Waals surface area contributed by atoms with Gasteiger partial charge in [0.05, 0.1) is 10.9 Å². The van der Waals surface area contributed by atoms with E-state index in [-0.39, 0.29) is 23.0 Å². The molecule has 0 bridgehead atoms. The van der Waals surface area contributed by atoms with E-state index in [1.807, 2.05) is 17.0 Å². The molecule has 0 spiro atoms. The van der Waals surface area contributed by atoms with Gasteiger partial charge in [-0.05, 0) is 30.2 Å². The second kappa shape index (κ2) is 6.08. The van der Waals surface area contributed by atoms with Gasteiger partial charge in [0.25, 0.3) is 0 Å². The molecule has 2 aromatic carbocycles. The van der Waals surface area contributed by atoms with Gasteiger partial charge in [-0.25, -0.2) is 18.4 Å². The summed E-state index contributed by atoms with van der Waals surface area (Å²) in [6.07, 6.45) is 0.841. The van der Waals surface area contributed by atoms with Crippen LogP contribution in [0.5, 0.6) is 0 Å². The van der Waals surface area contributed by atoms with Crippen LogP contribution < -0.4 is 15.8 Å². The lowest BCUT2D eigenvalue weighted by Crippen LogP contribution is -2.37. The topological polar surface area (TPSA) is 110 Å². The number of benzene rings is 2. The van der Waals surface area contributed by atoms with Crippen LogP contribution in [0.3, 0.4) is 0 Å². The highest BCUT2D eigenvalue weighted by Gasteiger charge is 2.44. The summed E-state index contributed by atoms with van der Waals surface area (Å²) in [5, 5.41) is 5.31. The second-order valence-electron chi connectivity index (χ2n) is 6.69. The first kappa shape index (κ1) is 17.0. The molecule has 2 aliphatic heterocycles. The van der Waals surface area contributed by atoms with Gasteiger partial charge in [0.2, 0.25) is 10.0 Å². The zero-order valence-electron chi connectivity index (χ0n) is 14.1. The van der Waals surface area contributed by atoms with Gasteiger partial charge in [-0.1, -0.05) is 30.3 Å². The quantitative estimate of drug-likeness (QED) is 0.847. The Bertz CT molecular complexity index is 959. The molecule has 0 unspecified atom stereocenters. The Morgan fingerprint density at radius 1 is 1.04 bits per heavy atom. The van der Waals surface area contributed by atoms with E-state index in [9.17, 15) is 13.2 Å². The normalized spacial score (nSPS) is 22.8. The number of amides is 2. The number of fused-ring (bicyclic) bond motifs is 1. The molecule has 2 amide bonds. The molecule has 8 heteroatoms. The molecule has 136 valence electrons. The first-order valence-electron chi connectivity index (χ1n) is 8.42. The molecular formula is C18H20N4O3S. The number of sulfonamides is 1. The predicted molar refractivity (Wildman–Crippen MR) is 99.1 cm³/mol. The molecule has 0 aromatic heterocycles. The van der Waals surface area contributed by atoms with Crippen LogP contribution in [-0.4, -0.2) is 44.5 Å². The van der Waals surface area contributed by atoms with Crippen molar-refractivity contribution in [2.45, 2.75) is 23.4 Å². The maximum absolute atomic E-state index is 12.6. The Morgan fingerprint density at radius 2 is 1.73 bits per heavy atom. The maximum atomic E-state index is 12.6. The molecule has 2 aliphatic rings. The Morgan fingerprint density at radius 3 is 2.38 bits per heavy atom. The van der Waals surface area contributed by atoms with E-state index >= 15 is 0 Å². The lowest BCUT2D eigenvalue weighted by atomic mass is 10.0. The Balaban J connectivity index is 1.64. The molecule has 0 radical (unpaired) electrons. The van der Waals surface area contributed by atoms with Crippen molar-refractivity contribution in [3.05, 3.63) is 48.5 Å². The molecule has 2 heterocycles. The van der Waals surface area contributed by atoms with Gasteiger partial charge in [-0.2, -0.15) is 0 Å². The highest BCUT2D eigenvalue weighted by atomic mass is 32.2. The van der Waals surface area contributed by atoms with E-state index < -0.39 is 10.0 Å². The van der Waals surface area contributed by atoms with Crippen LogP contribution in [0.4, 0.5) is 10.5 Å². The van der Waals surface area contributed by atoms with Crippen molar-refractivity contribution in [2.24, 2.45) is 10.9 Å². The molecule has 2 atom stereocenters. The van der Waals surface area contributed by atoms with Crippen LogP contribution in [0.1, 0.15) is 6.42 Å². The van der Waals surface area contributed by atoms with Crippen molar-refractivity contribution >= 4 is 21.7 Å². The average Bonchev–Trinajstić information content (AvgIpc) is 3.15. The average molecular weight is 372 g/mol. The van der Waals surface area contributed by atoms with Gasteiger partial charge in [-0.15, -0.1) is 0 Å². The summed E-state index contributed by atoms with van der Waals surface area (Å²) in [7, 11) is -3.82. The molecule has 4 rings (SSSR count). The Kier molecular flexibility index (Phi) is 3.98. The summed E-state index contributed by atoms with van der Waals surface area (Å²) in [4.78, 5) is 16.2. The molecule has 26 heavy (non-hydrogen) atoms. The number of nitrogens with two attached hydrogens (primary N) is 2. The minimum Gasteiger partial charge on any atom is -0.326 e. The van der Waals surface area contributed by atoms with Crippen LogP contribution in [0.15, 0.2) is 53.4 Å². The van der Waals surface area contributed by atoms with E-state index in [2.05, 4.69) is 0 Å². The van der Waals surface area contributed by atoms with Gasteiger partial charge in [0.1, 0.15) is 0 Å². The number of urea groups is 1. The monoisotopic (exact) mass is 372 g/mol. The minimum absolute atomic E-state index is 0.0184. The molecule has 2 fully saturated rings. The second-order valence-corrected chi connectivity index (χ2v) is 8.22. The number of rotatable bonds is 3. The van der Waals surface area contributed by atoms with Crippen LogP contribution in [0, 0.1) is 0 Å². The number of anilines is 1. The largest absolute Gasteiger partial charge is 0.326 e. The van der Waals surface area contributed by atoms with Crippen molar-refractivity contribution in [1.82, 2.24) is 4.90 Å². The third-order valence-electron chi connectivity index (χ3n) is 5.13. The van der Waals surface area contributed by atoms with E-state index in [4.69, 9.17) is 10.9 Å². The van der Waals surface area contributed by atoms with E-state index in [0.29, 0.717) is 18.7 Å². The first-order valence-corrected chi connectivity index (χ1v) is 9.97. The SMILES string of the molecule is N[C@@H]1CCN2C(=O)N(c3ccc(-c4ccccc4S(N)(=O)=O)cc3)C[C@H]12. The molecule has 4 N–H and O–H groups in total. The fourth-order valence-corrected chi connectivity index (χ4v) is 4.52. The van der Waals surface area contributed by atoms with Gasteiger partial charge < -0.3 is 10.6 Å². The number of carbonyl (C=O) groups is 1. The van der Waals surface area contributed by atoms with Crippen molar-refractivity contribution < 1.29 is 13.2 Å². The zero-order valence-corrected chi connectivity index (χ0v) is 14.9.